The average molecular weight is 444 g/mol. The summed E-state index contributed by atoms with van der Waals surface area (Å²) in [5.74, 6) is -4.19. The summed E-state index contributed by atoms with van der Waals surface area (Å²) in [6.07, 6.45) is 0.506. The number of amides is 1. The number of esters is 1. The lowest BCUT2D eigenvalue weighted by atomic mass is 9.97. The first-order valence-corrected chi connectivity index (χ1v) is 11.0. The number of hydrogen-bond acceptors (Lipinski definition) is 6. The molecule has 156 valence electrons. The molecule has 0 atom stereocenters. The van der Waals surface area contributed by atoms with Gasteiger partial charge >= 0.3 is 5.97 Å². The number of nitrogens with one attached hydrogen (secondary N) is 1. The maximum atomic E-state index is 14.0. The third-order valence-corrected chi connectivity index (χ3v) is 7.91. The Morgan fingerprint density at radius 1 is 1.21 bits per heavy atom. The van der Waals surface area contributed by atoms with Crippen LogP contribution in [0.4, 0.5) is 14.5 Å². The summed E-state index contributed by atoms with van der Waals surface area (Å²) in [5, 5.41) is 4.03. The van der Waals surface area contributed by atoms with E-state index in [1.165, 1.54) is 10.4 Å². The van der Waals surface area contributed by atoms with Gasteiger partial charge in [0, 0.05) is 25.1 Å². The SMILES string of the molecule is COC(=O)c1cc(NC(=O)C2CCN(S(=O)(=O)c3cccs3)CC2)c(F)cc1F. The standard InChI is InChI=1S/C18H18F2N2O5S2/c1-27-18(24)12-9-15(14(20)10-13(12)19)21-17(23)11-4-6-22(7-5-11)29(25,26)16-3-2-8-28-16/h2-3,8-11H,4-7H2,1H3,(H,21,23). The van der Waals surface area contributed by atoms with Crippen molar-refractivity contribution in [2.75, 3.05) is 25.5 Å². The lowest BCUT2D eigenvalue weighted by molar-refractivity contribution is -0.120. The maximum Gasteiger partial charge on any atom is 0.340 e. The Labute approximate surface area is 170 Å². The molecule has 2 heterocycles. The van der Waals surface area contributed by atoms with Gasteiger partial charge in [-0.05, 0) is 30.4 Å². The van der Waals surface area contributed by atoms with Crippen LogP contribution in [0.1, 0.15) is 23.2 Å². The number of piperidine rings is 1. The molecule has 29 heavy (non-hydrogen) atoms. The zero-order valence-corrected chi connectivity index (χ0v) is 17.0. The van der Waals surface area contributed by atoms with Crippen LogP contribution in [0.25, 0.3) is 0 Å². The van der Waals surface area contributed by atoms with Crippen molar-refractivity contribution in [1.82, 2.24) is 4.31 Å². The summed E-state index contributed by atoms with van der Waals surface area (Å²) in [6.45, 7) is 0.301. The number of thiophene rings is 1. The Hall–Kier alpha value is -2.37. The number of halogens is 2. The molecule has 0 unspecified atom stereocenters. The molecule has 1 fully saturated rings. The molecule has 3 rings (SSSR count). The summed E-state index contributed by atoms with van der Waals surface area (Å²) >= 11 is 1.12. The van der Waals surface area contributed by atoms with Crippen molar-refractivity contribution < 1.29 is 31.5 Å². The van der Waals surface area contributed by atoms with E-state index in [0.29, 0.717) is 6.07 Å². The van der Waals surface area contributed by atoms with Crippen LogP contribution in [0.3, 0.4) is 0 Å². The highest BCUT2D eigenvalue weighted by Crippen LogP contribution is 2.28. The molecule has 7 nitrogen and oxygen atoms in total. The second-order valence-corrected chi connectivity index (χ2v) is 9.52. The van der Waals surface area contributed by atoms with Crippen LogP contribution >= 0.6 is 11.3 Å². The summed E-state index contributed by atoms with van der Waals surface area (Å²) < 4.78 is 58.8. The van der Waals surface area contributed by atoms with Gasteiger partial charge in [0.25, 0.3) is 10.0 Å². The lowest BCUT2D eigenvalue weighted by Crippen LogP contribution is -2.41. The van der Waals surface area contributed by atoms with Crippen LogP contribution in [-0.4, -0.2) is 44.8 Å². The number of carbonyl (C=O) groups is 2. The predicted octanol–water partition coefficient (Wildman–Crippen LogP) is 2.85. The fraction of sp³-hybridized carbons (Fsp3) is 0.333. The zero-order valence-electron chi connectivity index (χ0n) is 15.4. The smallest absolute Gasteiger partial charge is 0.340 e. The van der Waals surface area contributed by atoms with E-state index < -0.39 is 45.0 Å². The van der Waals surface area contributed by atoms with Gasteiger partial charge in [0.2, 0.25) is 5.91 Å². The largest absolute Gasteiger partial charge is 0.465 e. The molecule has 0 bridgehead atoms. The molecule has 0 aliphatic carbocycles. The van der Waals surface area contributed by atoms with Crippen LogP contribution in [0, 0.1) is 17.6 Å². The summed E-state index contributed by atoms with van der Waals surface area (Å²) in [7, 11) is -2.53. The van der Waals surface area contributed by atoms with Crippen molar-refractivity contribution in [2.24, 2.45) is 5.92 Å². The molecule has 11 heteroatoms. The van der Waals surface area contributed by atoms with Gasteiger partial charge in [-0.15, -0.1) is 11.3 Å². The Kier molecular flexibility index (Phi) is 6.30. The Balaban J connectivity index is 1.67. The molecule has 0 saturated carbocycles. The fourth-order valence-electron chi connectivity index (χ4n) is 3.04. The topological polar surface area (TPSA) is 92.8 Å². The fourth-order valence-corrected chi connectivity index (χ4v) is 5.66. The van der Waals surface area contributed by atoms with Crippen LogP contribution in [0.2, 0.25) is 0 Å². The molecule has 0 radical (unpaired) electrons. The molecular weight excluding hydrogens is 426 g/mol. The number of methoxy groups -OCH3 is 1. The third kappa shape index (κ3) is 4.46. The van der Waals surface area contributed by atoms with Crippen molar-refractivity contribution >= 4 is 38.9 Å². The minimum Gasteiger partial charge on any atom is -0.465 e. The second kappa shape index (κ2) is 8.56. The highest BCUT2D eigenvalue weighted by molar-refractivity contribution is 7.91. The molecule has 0 spiro atoms. The lowest BCUT2D eigenvalue weighted by Gasteiger charge is -2.30. The number of hydrogen-bond donors (Lipinski definition) is 1. The number of nitrogens with zero attached hydrogens (tertiary/aromatic N) is 1. The van der Waals surface area contributed by atoms with Crippen molar-refractivity contribution in [2.45, 2.75) is 17.1 Å². The first kappa shape index (κ1) is 21.3. The van der Waals surface area contributed by atoms with Gasteiger partial charge in [-0.1, -0.05) is 6.07 Å². The number of anilines is 1. The van der Waals surface area contributed by atoms with Crippen LogP contribution < -0.4 is 5.32 Å². The van der Waals surface area contributed by atoms with Crippen LogP contribution in [0.5, 0.6) is 0 Å². The molecule has 1 aliphatic rings. The number of rotatable bonds is 5. The van der Waals surface area contributed by atoms with Crippen LogP contribution in [0.15, 0.2) is 33.9 Å². The summed E-state index contributed by atoms with van der Waals surface area (Å²) in [4.78, 5) is 24.0. The Morgan fingerprint density at radius 2 is 1.90 bits per heavy atom. The highest BCUT2D eigenvalue weighted by Gasteiger charge is 2.33. The third-order valence-electron chi connectivity index (χ3n) is 4.63. The van der Waals surface area contributed by atoms with E-state index in [9.17, 15) is 26.8 Å². The Bertz CT molecular complexity index is 1020. The molecule has 1 amide bonds. The van der Waals surface area contributed by atoms with Crippen molar-refractivity contribution in [3.05, 3.63) is 46.8 Å². The van der Waals surface area contributed by atoms with E-state index in [2.05, 4.69) is 10.1 Å². The van der Waals surface area contributed by atoms with E-state index in [0.717, 1.165) is 24.5 Å². The number of benzene rings is 1. The predicted molar refractivity (Wildman–Crippen MR) is 102 cm³/mol. The molecular formula is C18H18F2N2O5S2. The summed E-state index contributed by atoms with van der Waals surface area (Å²) in [6, 6.07) is 4.55. The minimum atomic E-state index is -3.59. The van der Waals surface area contributed by atoms with Gasteiger partial charge in [-0.3, -0.25) is 4.79 Å². The van der Waals surface area contributed by atoms with Gasteiger partial charge in [-0.25, -0.2) is 22.0 Å². The van der Waals surface area contributed by atoms with Crippen molar-refractivity contribution in [3.8, 4) is 0 Å². The number of carbonyl (C=O) groups excluding carboxylic acids is 2. The van der Waals surface area contributed by atoms with Gasteiger partial charge in [0.1, 0.15) is 15.8 Å². The maximum absolute atomic E-state index is 14.0. The molecule has 2 aromatic rings. The minimum absolute atomic E-state index is 0.150. The van der Waals surface area contributed by atoms with Gasteiger partial charge < -0.3 is 10.1 Å². The first-order valence-electron chi connectivity index (χ1n) is 8.66. The normalized spacial score (nSPS) is 15.8. The van der Waals surface area contributed by atoms with E-state index in [1.807, 2.05) is 0 Å². The van der Waals surface area contributed by atoms with E-state index in [-0.39, 0.29) is 35.8 Å². The molecule has 1 aromatic carbocycles. The monoisotopic (exact) mass is 444 g/mol. The molecule has 1 aromatic heterocycles. The first-order chi connectivity index (χ1) is 13.7. The van der Waals surface area contributed by atoms with Crippen LogP contribution in [-0.2, 0) is 19.6 Å². The van der Waals surface area contributed by atoms with E-state index in [1.54, 1.807) is 11.4 Å². The number of sulfonamides is 1. The molecule has 1 N–H and O–H groups in total. The Morgan fingerprint density at radius 3 is 2.48 bits per heavy atom. The second-order valence-electron chi connectivity index (χ2n) is 6.40. The summed E-state index contributed by atoms with van der Waals surface area (Å²) in [5.41, 5.74) is -0.841. The molecule has 1 aliphatic heterocycles. The van der Waals surface area contributed by atoms with Crippen molar-refractivity contribution in [3.63, 3.8) is 0 Å². The molecule has 1 saturated heterocycles. The number of ether oxygens (including phenoxy) is 1. The van der Waals surface area contributed by atoms with Crippen molar-refractivity contribution in [1.29, 1.82) is 0 Å². The van der Waals surface area contributed by atoms with E-state index >= 15 is 0 Å². The quantitative estimate of drug-likeness (QED) is 0.716. The van der Waals surface area contributed by atoms with Gasteiger partial charge in [0.15, 0.2) is 0 Å². The zero-order chi connectivity index (χ0) is 21.2. The van der Waals surface area contributed by atoms with Gasteiger partial charge in [-0.2, -0.15) is 4.31 Å². The van der Waals surface area contributed by atoms with Gasteiger partial charge in [0.05, 0.1) is 18.4 Å². The van der Waals surface area contributed by atoms with E-state index in [4.69, 9.17) is 0 Å². The average Bonchev–Trinajstić information content (AvgIpc) is 3.25. The highest BCUT2D eigenvalue weighted by atomic mass is 32.2.